The number of fused-ring (bicyclic) bond motifs is 1. The first-order valence-electron chi connectivity index (χ1n) is 9.72. The molecule has 0 saturated heterocycles. The zero-order valence-corrected chi connectivity index (χ0v) is 16.6. The van der Waals surface area contributed by atoms with Crippen molar-refractivity contribution in [3.63, 3.8) is 0 Å². The highest BCUT2D eigenvalue weighted by Crippen LogP contribution is 2.25. The van der Waals surface area contributed by atoms with Crippen molar-refractivity contribution in [2.45, 2.75) is 51.8 Å². The topological polar surface area (TPSA) is 41.6 Å². The fraction of sp³-hybridized carbons (Fsp3) is 0.435. The monoisotopic (exact) mass is 366 g/mol. The summed E-state index contributed by atoms with van der Waals surface area (Å²) in [4.78, 5) is 14.4. The van der Waals surface area contributed by atoms with E-state index in [9.17, 15) is 4.79 Å². The fourth-order valence-corrected chi connectivity index (χ4v) is 3.61. The number of benzene rings is 2. The van der Waals surface area contributed by atoms with Gasteiger partial charge in [0.1, 0.15) is 5.60 Å². The van der Waals surface area contributed by atoms with Crippen LogP contribution in [0.25, 0.3) is 0 Å². The number of alkyl carbamates (subject to hydrolysis) is 1. The first-order chi connectivity index (χ1) is 12.9. The Morgan fingerprint density at radius 3 is 2.44 bits per heavy atom. The van der Waals surface area contributed by atoms with Crippen molar-refractivity contribution < 1.29 is 9.53 Å². The minimum Gasteiger partial charge on any atom is -0.444 e. The summed E-state index contributed by atoms with van der Waals surface area (Å²) in [5.74, 6) is 0. The second-order valence-corrected chi connectivity index (χ2v) is 8.22. The van der Waals surface area contributed by atoms with Crippen LogP contribution in [0, 0.1) is 0 Å². The third-order valence-corrected chi connectivity index (χ3v) is 4.85. The predicted molar refractivity (Wildman–Crippen MR) is 109 cm³/mol. The highest BCUT2D eigenvalue weighted by Gasteiger charge is 2.26. The summed E-state index contributed by atoms with van der Waals surface area (Å²) in [7, 11) is 0. The van der Waals surface area contributed by atoms with E-state index < -0.39 is 5.60 Å². The van der Waals surface area contributed by atoms with Crippen LogP contribution in [0.3, 0.4) is 0 Å². The molecule has 0 radical (unpaired) electrons. The summed E-state index contributed by atoms with van der Waals surface area (Å²) in [6.07, 6.45) is 1.71. The molecule has 1 unspecified atom stereocenters. The van der Waals surface area contributed by atoms with E-state index in [1.807, 2.05) is 20.8 Å². The first kappa shape index (κ1) is 19.4. The van der Waals surface area contributed by atoms with Crippen molar-refractivity contribution in [2.24, 2.45) is 0 Å². The van der Waals surface area contributed by atoms with Crippen LogP contribution in [0.15, 0.2) is 54.6 Å². The van der Waals surface area contributed by atoms with Gasteiger partial charge in [0.25, 0.3) is 0 Å². The van der Waals surface area contributed by atoms with Gasteiger partial charge in [0, 0.05) is 25.7 Å². The molecule has 0 spiro atoms. The quantitative estimate of drug-likeness (QED) is 0.863. The standard InChI is InChI=1S/C23H30N2O2/c1-23(2,3)27-22(26)24-13-14-25-17-20-12-8-7-11-19(20)16-21(25)15-18-9-5-4-6-10-18/h4-12,21H,13-17H2,1-3H3,(H,24,26). The number of hydrogen-bond donors (Lipinski definition) is 1. The van der Waals surface area contributed by atoms with Gasteiger partial charge >= 0.3 is 6.09 Å². The van der Waals surface area contributed by atoms with Gasteiger partial charge in [0.15, 0.2) is 0 Å². The Morgan fingerprint density at radius 1 is 1.07 bits per heavy atom. The molecule has 1 N–H and O–H groups in total. The Kier molecular flexibility index (Phi) is 6.17. The van der Waals surface area contributed by atoms with Crippen LogP contribution in [0.2, 0.25) is 0 Å². The molecule has 4 nitrogen and oxygen atoms in total. The Hall–Kier alpha value is -2.33. The van der Waals surface area contributed by atoms with E-state index in [0.29, 0.717) is 12.6 Å². The largest absolute Gasteiger partial charge is 0.444 e. The minimum absolute atomic E-state index is 0.348. The van der Waals surface area contributed by atoms with Crippen molar-refractivity contribution in [3.8, 4) is 0 Å². The van der Waals surface area contributed by atoms with Gasteiger partial charge in [-0.3, -0.25) is 4.90 Å². The Morgan fingerprint density at radius 2 is 1.74 bits per heavy atom. The summed E-state index contributed by atoms with van der Waals surface area (Å²) in [5, 5.41) is 2.89. The van der Waals surface area contributed by atoms with Gasteiger partial charge in [-0.1, -0.05) is 54.6 Å². The Bertz CT molecular complexity index is 752. The number of rotatable bonds is 5. The molecule has 1 atom stereocenters. The lowest BCUT2D eigenvalue weighted by Gasteiger charge is -2.37. The minimum atomic E-state index is -0.468. The maximum absolute atomic E-state index is 11.9. The van der Waals surface area contributed by atoms with Crippen molar-refractivity contribution in [3.05, 3.63) is 71.3 Å². The number of nitrogens with zero attached hydrogens (tertiary/aromatic N) is 1. The molecular weight excluding hydrogens is 336 g/mol. The lowest BCUT2D eigenvalue weighted by atomic mass is 9.90. The second kappa shape index (κ2) is 8.57. The number of hydrogen-bond acceptors (Lipinski definition) is 3. The molecule has 2 aromatic rings. The summed E-state index contributed by atoms with van der Waals surface area (Å²) < 4.78 is 5.34. The molecule has 1 amide bonds. The SMILES string of the molecule is CC(C)(C)OC(=O)NCCN1Cc2ccccc2CC1Cc1ccccc1. The fourth-order valence-electron chi connectivity index (χ4n) is 3.61. The number of carbonyl (C=O) groups excluding carboxylic acids is 1. The molecule has 1 aliphatic heterocycles. The van der Waals surface area contributed by atoms with E-state index in [0.717, 1.165) is 25.9 Å². The zero-order chi connectivity index (χ0) is 19.3. The van der Waals surface area contributed by atoms with E-state index in [1.165, 1.54) is 16.7 Å². The summed E-state index contributed by atoms with van der Waals surface area (Å²) in [6.45, 7) is 7.95. The lowest BCUT2D eigenvalue weighted by Crippen LogP contribution is -2.45. The smallest absolute Gasteiger partial charge is 0.407 e. The van der Waals surface area contributed by atoms with Crippen LogP contribution in [-0.4, -0.2) is 35.7 Å². The van der Waals surface area contributed by atoms with Crippen molar-refractivity contribution in [1.29, 1.82) is 0 Å². The van der Waals surface area contributed by atoms with Gasteiger partial charge in [0.05, 0.1) is 0 Å². The number of carbonyl (C=O) groups is 1. The normalized spacial score (nSPS) is 17.2. The van der Waals surface area contributed by atoms with Gasteiger partial charge in [-0.05, 0) is 50.3 Å². The maximum atomic E-state index is 11.9. The third-order valence-electron chi connectivity index (χ3n) is 4.85. The highest BCUT2D eigenvalue weighted by atomic mass is 16.6. The predicted octanol–water partition coefficient (Wildman–Crippen LogP) is 4.18. The van der Waals surface area contributed by atoms with Gasteiger partial charge < -0.3 is 10.1 Å². The van der Waals surface area contributed by atoms with Gasteiger partial charge in [-0.2, -0.15) is 0 Å². The third kappa shape index (κ3) is 5.83. The van der Waals surface area contributed by atoms with Crippen molar-refractivity contribution >= 4 is 6.09 Å². The van der Waals surface area contributed by atoms with Crippen LogP contribution in [0.5, 0.6) is 0 Å². The molecule has 27 heavy (non-hydrogen) atoms. The van der Waals surface area contributed by atoms with E-state index in [-0.39, 0.29) is 6.09 Å². The molecule has 0 aromatic heterocycles. The van der Waals surface area contributed by atoms with E-state index >= 15 is 0 Å². The summed E-state index contributed by atoms with van der Waals surface area (Å²) >= 11 is 0. The zero-order valence-electron chi connectivity index (χ0n) is 16.6. The van der Waals surface area contributed by atoms with E-state index in [4.69, 9.17) is 4.74 Å². The molecule has 1 aliphatic rings. The maximum Gasteiger partial charge on any atom is 0.407 e. The molecule has 0 saturated carbocycles. The van der Waals surface area contributed by atoms with Crippen molar-refractivity contribution in [1.82, 2.24) is 10.2 Å². The molecule has 144 valence electrons. The molecule has 1 heterocycles. The first-order valence-corrected chi connectivity index (χ1v) is 9.72. The number of amides is 1. The molecule has 0 aliphatic carbocycles. The van der Waals surface area contributed by atoms with Crippen LogP contribution < -0.4 is 5.32 Å². The highest BCUT2D eigenvalue weighted by molar-refractivity contribution is 5.67. The van der Waals surface area contributed by atoms with Crippen LogP contribution in [-0.2, 0) is 24.1 Å². The van der Waals surface area contributed by atoms with Gasteiger partial charge in [-0.25, -0.2) is 4.79 Å². The number of nitrogens with one attached hydrogen (secondary N) is 1. The second-order valence-electron chi connectivity index (χ2n) is 8.22. The molecular formula is C23H30N2O2. The summed E-state index contributed by atoms with van der Waals surface area (Å²) in [5.41, 5.74) is 3.71. The van der Waals surface area contributed by atoms with Crippen molar-refractivity contribution in [2.75, 3.05) is 13.1 Å². The van der Waals surface area contributed by atoms with Gasteiger partial charge in [0.2, 0.25) is 0 Å². The Labute approximate surface area is 162 Å². The number of ether oxygens (including phenoxy) is 1. The average molecular weight is 367 g/mol. The Balaban J connectivity index is 1.63. The molecule has 0 bridgehead atoms. The van der Waals surface area contributed by atoms with Crippen LogP contribution in [0.4, 0.5) is 4.79 Å². The molecule has 4 heteroatoms. The van der Waals surface area contributed by atoms with E-state index in [1.54, 1.807) is 0 Å². The lowest BCUT2D eigenvalue weighted by molar-refractivity contribution is 0.0515. The van der Waals surface area contributed by atoms with Gasteiger partial charge in [-0.15, -0.1) is 0 Å². The molecule has 2 aromatic carbocycles. The van der Waals surface area contributed by atoms with E-state index in [2.05, 4.69) is 64.8 Å². The molecule has 3 rings (SSSR count). The van der Waals surface area contributed by atoms with Crippen LogP contribution in [0.1, 0.15) is 37.5 Å². The molecule has 0 fully saturated rings. The average Bonchev–Trinajstić information content (AvgIpc) is 2.61. The van der Waals surface area contributed by atoms with Crippen LogP contribution >= 0.6 is 0 Å². The summed E-state index contributed by atoms with van der Waals surface area (Å²) in [6, 6.07) is 19.7.